The Morgan fingerprint density at radius 2 is 1.82 bits per heavy atom. The number of amides is 2. The first kappa shape index (κ1) is 24.1. The second-order valence-electron chi connectivity index (χ2n) is 9.31. The van der Waals surface area contributed by atoms with E-state index in [2.05, 4.69) is 24.1 Å². The van der Waals surface area contributed by atoms with Crippen LogP contribution in [-0.4, -0.2) is 79.0 Å². The molecule has 0 N–H and O–H groups in total. The number of hydrogen-bond donors (Lipinski definition) is 0. The summed E-state index contributed by atoms with van der Waals surface area (Å²) in [6.07, 6.45) is 1.66. The SMILES string of the molecule is CC(C)Oc1ccc([C@@H]2CN(C(=O)c3ccccc3OCCN3CCCC3=O)CCN2C)cc1. The van der Waals surface area contributed by atoms with Gasteiger partial charge in [0.25, 0.3) is 5.91 Å². The fourth-order valence-corrected chi connectivity index (χ4v) is 4.60. The second kappa shape index (κ2) is 10.9. The molecule has 7 heteroatoms. The zero-order chi connectivity index (χ0) is 24.1. The number of hydrogen-bond acceptors (Lipinski definition) is 5. The van der Waals surface area contributed by atoms with Crippen molar-refractivity contribution in [2.75, 3.05) is 46.4 Å². The van der Waals surface area contributed by atoms with E-state index in [4.69, 9.17) is 9.47 Å². The van der Waals surface area contributed by atoms with Crippen LogP contribution in [0, 0.1) is 0 Å². The maximum atomic E-state index is 13.5. The fraction of sp³-hybridized carbons (Fsp3) is 0.481. The van der Waals surface area contributed by atoms with Crippen LogP contribution in [0.4, 0.5) is 0 Å². The number of piperazine rings is 1. The van der Waals surface area contributed by atoms with Crippen molar-refractivity contribution in [1.82, 2.24) is 14.7 Å². The minimum Gasteiger partial charge on any atom is -0.491 e. The van der Waals surface area contributed by atoms with Crippen molar-refractivity contribution in [3.63, 3.8) is 0 Å². The summed E-state index contributed by atoms with van der Waals surface area (Å²) in [7, 11) is 2.10. The van der Waals surface area contributed by atoms with Crippen LogP contribution in [0.2, 0.25) is 0 Å². The van der Waals surface area contributed by atoms with Crippen LogP contribution < -0.4 is 9.47 Å². The zero-order valence-corrected chi connectivity index (χ0v) is 20.4. The van der Waals surface area contributed by atoms with Gasteiger partial charge in [-0.15, -0.1) is 0 Å². The minimum atomic E-state index is -0.0225. The third kappa shape index (κ3) is 5.70. The molecule has 0 saturated carbocycles. The molecule has 2 saturated heterocycles. The van der Waals surface area contributed by atoms with Crippen LogP contribution in [-0.2, 0) is 4.79 Å². The van der Waals surface area contributed by atoms with Gasteiger partial charge in [-0.25, -0.2) is 0 Å². The summed E-state index contributed by atoms with van der Waals surface area (Å²) in [6.45, 7) is 7.81. The molecule has 7 nitrogen and oxygen atoms in total. The summed E-state index contributed by atoms with van der Waals surface area (Å²) in [6, 6.07) is 15.7. The van der Waals surface area contributed by atoms with Crippen molar-refractivity contribution < 1.29 is 19.1 Å². The van der Waals surface area contributed by atoms with Crippen LogP contribution in [0.5, 0.6) is 11.5 Å². The number of nitrogens with zero attached hydrogens (tertiary/aromatic N) is 3. The third-order valence-corrected chi connectivity index (χ3v) is 6.48. The Labute approximate surface area is 202 Å². The Morgan fingerprint density at radius 3 is 2.53 bits per heavy atom. The topological polar surface area (TPSA) is 62.3 Å². The fourth-order valence-electron chi connectivity index (χ4n) is 4.60. The summed E-state index contributed by atoms with van der Waals surface area (Å²) in [5.74, 6) is 1.59. The summed E-state index contributed by atoms with van der Waals surface area (Å²) in [4.78, 5) is 31.4. The van der Waals surface area contributed by atoms with Gasteiger partial charge < -0.3 is 19.3 Å². The molecule has 2 aromatic carbocycles. The van der Waals surface area contributed by atoms with Gasteiger partial charge in [0.05, 0.1) is 24.3 Å². The second-order valence-corrected chi connectivity index (χ2v) is 9.31. The average molecular weight is 466 g/mol. The summed E-state index contributed by atoms with van der Waals surface area (Å²) < 4.78 is 11.7. The molecule has 2 heterocycles. The largest absolute Gasteiger partial charge is 0.491 e. The molecule has 1 atom stereocenters. The number of carbonyl (C=O) groups is 2. The van der Waals surface area contributed by atoms with Gasteiger partial charge in [-0.2, -0.15) is 0 Å². The highest BCUT2D eigenvalue weighted by atomic mass is 16.5. The molecule has 4 rings (SSSR count). The molecule has 2 aliphatic rings. The van der Waals surface area contributed by atoms with Gasteiger partial charge in [0.1, 0.15) is 18.1 Å². The molecule has 182 valence electrons. The van der Waals surface area contributed by atoms with E-state index in [9.17, 15) is 9.59 Å². The van der Waals surface area contributed by atoms with E-state index in [1.54, 1.807) is 0 Å². The molecular weight excluding hydrogens is 430 g/mol. The molecule has 0 unspecified atom stereocenters. The van der Waals surface area contributed by atoms with Crippen LogP contribution in [0.25, 0.3) is 0 Å². The standard InChI is InChI=1S/C27H35N3O4/c1-20(2)34-22-12-10-21(11-13-22)24-19-30(16-15-28(24)3)27(32)23-7-4-5-8-25(23)33-18-17-29-14-6-9-26(29)31/h4-5,7-8,10-13,20,24H,6,9,14-19H2,1-3H3/t24-/m0/s1. The lowest BCUT2D eigenvalue weighted by Gasteiger charge is -2.40. The van der Waals surface area contributed by atoms with E-state index in [0.29, 0.717) is 44.0 Å². The molecule has 2 aliphatic heterocycles. The Hall–Kier alpha value is -3.06. The Kier molecular flexibility index (Phi) is 7.73. The Bertz CT molecular complexity index is 992. The predicted molar refractivity (Wildman–Crippen MR) is 131 cm³/mol. The van der Waals surface area contributed by atoms with E-state index in [1.165, 1.54) is 0 Å². The predicted octanol–water partition coefficient (Wildman–Crippen LogP) is 3.60. The lowest BCUT2D eigenvalue weighted by Crippen LogP contribution is -2.49. The average Bonchev–Trinajstić information content (AvgIpc) is 3.24. The number of likely N-dealkylation sites (N-methyl/N-ethyl adjacent to an activating group) is 1. The summed E-state index contributed by atoms with van der Waals surface area (Å²) in [5.41, 5.74) is 1.73. The monoisotopic (exact) mass is 465 g/mol. The lowest BCUT2D eigenvalue weighted by atomic mass is 10.0. The first-order valence-electron chi connectivity index (χ1n) is 12.2. The molecule has 2 fully saturated rings. The number of ether oxygens (including phenoxy) is 2. The Balaban J connectivity index is 1.42. The summed E-state index contributed by atoms with van der Waals surface area (Å²) >= 11 is 0. The van der Waals surface area contributed by atoms with E-state index < -0.39 is 0 Å². The molecule has 34 heavy (non-hydrogen) atoms. The van der Waals surface area contributed by atoms with Gasteiger partial charge in [0.15, 0.2) is 0 Å². The molecule has 2 amide bonds. The maximum absolute atomic E-state index is 13.5. The summed E-state index contributed by atoms with van der Waals surface area (Å²) in [5, 5.41) is 0. The van der Waals surface area contributed by atoms with Gasteiger partial charge in [0.2, 0.25) is 5.91 Å². The molecule has 2 aromatic rings. The number of para-hydroxylation sites is 1. The van der Waals surface area contributed by atoms with Crippen LogP contribution in [0.1, 0.15) is 48.7 Å². The van der Waals surface area contributed by atoms with Gasteiger partial charge in [0, 0.05) is 32.6 Å². The van der Waals surface area contributed by atoms with Crippen molar-refractivity contribution in [2.45, 2.75) is 38.8 Å². The Morgan fingerprint density at radius 1 is 1.06 bits per heavy atom. The normalized spacial score (nSPS) is 19.1. The molecule has 0 aliphatic carbocycles. The number of carbonyl (C=O) groups excluding carboxylic acids is 2. The van der Waals surface area contributed by atoms with E-state index in [1.807, 2.05) is 60.0 Å². The zero-order valence-electron chi connectivity index (χ0n) is 20.4. The minimum absolute atomic E-state index is 0.0225. The quantitative estimate of drug-likeness (QED) is 0.596. The maximum Gasteiger partial charge on any atom is 0.257 e. The number of rotatable bonds is 8. The molecule has 0 spiro atoms. The molecular formula is C27H35N3O4. The highest BCUT2D eigenvalue weighted by Gasteiger charge is 2.30. The smallest absolute Gasteiger partial charge is 0.257 e. The van der Waals surface area contributed by atoms with E-state index >= 15 is 0 Å². The van der Waals surface area contributed by atoms with Gasteiger partial charge in [-0.3, -0.25) is 14.5 Å². The number of benzene rings is 2. The molecule has 0 radical (unpaired) electrons. The van der Waals surface area contributed by atoms with E-state index in [0.717, 1.165) is 30.8 Å². The van der Waals surface area contributed by atoms with Crippen molar-refractivity contribution in [3.8, 4) is 11.5 Å². The molecule has 0 aromatic heterocycles. The van der Waals surface area contributed by atoms with Crippen molar-refractivity contribution >= 4 is 11.8 Å². The van der Waals surface area contributed by atoms with Crippen molar-refractivity contribution in [1.29, 1.82) is 0 Å². The van der Waals surface area contributed by atoms with Crippen LogP contribution >= 0.6 is 0 Å². The van der Waals surface area contributed by atoms with Crippen molar-refractivity contribution in [3.05, 3.63) is 59.7 Å². The first-order chi connectivity index (χ1) is 16.4. The number of likely N-dealkylation sites (tertiary alicyclic amines) is 1. The van der Waals surface area contributed by atoms with Gasteiger partial charge in [-0.1, -0.05) is 24.3 Å². The molecule has 0 bridgehead atoms. The first-order valence-corrected chi connectivity index (χ1v) is 12.2. The lowest BCUT2D eigenvalue weighted by molar-refractivity contribution is -0.128. The highest BCUT2D eigenvalue weighted by Crippen LogP contribution is 2.28. The third-order valence-electron chi connectivity index (χ3n) is 6.48. The van der Waals surface area contributed by atoms with Gasteiger partial charge >= 0.3 is 0 Å². The van der Waals surface area contributed by atoms with Crippen LogP contribution in [0.15, 0.2) is 48.5 Å². The van der Waals surface area contributed by atoms with Gasteiger partial charge in [-0.05, 0) is 57.1 Å². The van der Waals surface area contributed by atoms with Crippen molar-refractivity contribution in [2.24, 2.45) is 0 Å². The van der Waals surface area contributed by atoms with Crippen LogP contribution in [0.3, 0.4) is 0 Å². The highest BCUT2D eigenvalue weighted by molar-refractivity contribution is 5.97. The van der Waals surface area contributed by atoms with E-state index in [-0.39, 0.29) is 24.0 Å².